The molecule has 2 aromatic carbocycles. The van der Waals surface area contributed by atoms with E-state index in [0.29, 0.717) is 0 Å². The molecular weight excluding hydrogens is 461 g/mol. The van der Waals surface area contributed by atoms with Crippen molar-refractivity contribution < 1.29 is 9.47 Å². The van der Waals surface area contributed by atoms with Crippen LogP contribution in [-0.4, -0.2) is 39.3 Å². The van der Waals surface area contributed by atoms with Crippen LogP contribution in [0.4, 0.5) is 0 Å². The number of hydrogen-bond donors (Lipinski definition) is 0. The molecule has 4 heteroatoms. The summed E-state index contributed by atoms with van der Waals surface area (Å²) in [5.41, 5.74) is 10.9. The van der Waals surface area contributed by atoms with Gasteiger partial charge in [-0.25, -0.2) is 0 Å². The predicted molar refractivity (Wildman–Crippen MR) is 154 cm³/mol. The van der Waals surface area contributed by atoms with Gasteiger partial charge in [0.25, 0.3) is 0 Å². The molecule has 2 aliphatic carbocycles. The highest BCUT2D eigenvalue weighted by molar-refractivity contribution is 7.77. The van der Waals surface area contributed by atoms with E-state index >= 15 is 0 Å². The van der Waals surface area contributed by atoms with Crippen LogP contribution in [0.1, 0.15) is 28.7 Å². The van der Waals surface area contributed by atoms with Crippen molar-refractivity contribution in [2.24, 2.45) is 0 Å². The van der Waals surface area contributed by atoms with Crippen LogP contribution < -0.4 is 20.1 Å². The maximum atomic E-state index is 5.71. The molecule has 0 unspecified atom stereocenters. The first kappa shape index (κ1) is 26.2. The average molecular weight is 499 g/mol. The number of allylic oxidation sites excluding steroid dienone is 4. The van der Waals surface area contributed by atoms with Crippen molar-refractivity contribution in [3.8, 4) is 11.5 Å². The first-order chi connectivity index (χ1) is 17.3. The molecule has 0 spiro atoms. The third-order valence-electron chi connectivity index (χ3n) is 6.88. The van der Waals surface area contributed by atoms with Crippen molar-refractivity contribution in [3.63, 3.8) is 0 Å². The summed E-state index contributed by atoms with van der Waals surface area (Å²) in [5.74, 6) is 1.93. The Bertz CT molecular complexity index is 1220. The third-order valence-corrected chi connectivity index (χ3v) is 9.30. The molecule has 0 saturated carbocycles. The lowest BCUT2D eigenvalue weighted by Crippen LogP contribution is -2.32. The predicted octanol–water partition coefficient (Wildman–Crippen LogP) is 6.37. The number of nitrogens with zero attached hydrogens (tertiary/aromatic N) is 1. The number of rotatable bonds is 8. The molecule has 0 fully saturated rings. The highest BCUT2D eigenvalue weighted by Gasteiger charge is 2.30. The molecule has 0 aromatic heterocycles. The normalized spacial score (nSPS) is 15.8. The van der Waals surface area contributed by atoms with Gasteiger partial charge in [0.05, 0.1) is 20.3 Å². The van der Waals surface area contributed by atoms with Gasteiger partial charge in [0.15, 0.2) is 0 Å². The van der Waals surface area contributed by atoms with E-state index in [-0.39, 0.29) is 6.04 Å². The van der Waals surface area contributed by atoms with Crippen LogP contribution in [0.2, 0.25) is 0 Å². The van der Waals surface area contributed by atoms with E-state index < -0.39 is 7.92 Å². The van der Waals surface area contributed by atoms with Crippen molar-refractivity contribution >= 4 is 18.5 Å². The summed E-state index contributed by atoms with van der Waals surface area (Å²) in [5, 5.41) is 4.01. The van der Waals surface area contributed by atoms with Gasteiger partial charge in [-0.1, -0.05) is 18.2 Å². The maximum absolute atomic E-state index is 5.71. The molecule has 1 atom stereocenters. The van der Waals surface area contributed by atoms with E-state index in [4.69, 9.17) is 9.47 Å². The Morgan fingerprint density at radius 1 is 0.833 bits per heavy atom. The number of likely N-dealkylation sites (N-methyl/N-ethyl adjacent to an activating group) is 1. The number of hydrogen-bond acceptors (Lipinski definition) is 3. The van der Waals surface area contributed by atoms with Gasteiger partial charge in [0.2, 0.25) is 0 Å². The molecule has 0 aliphatic heterocycles. The molecule has 2 aliphatic rings. The van der Waals surface area contributed by atoms with Gasteiger partial charge >= 0.3 is 0 Å². The van der Waals surface area contributed by atoms with Crippen LogP contribution in [0, 0.1) is 34.1 Å². The zero-order chi connectivity index (χ0) is 26.0. The molecule has 1 radical (unpaired) electrons. The lowest BCUT2D eigenvalue weighted by Gasteiger charge is -2.32. The molecule has 0 bridgehead atoms. The minimum Gasteiger partial charge on any atom is -0.496 e. The van der Waals surface area contributed by atoms with E-state index in [1.165, 1.54) is 27.1 Å². The Kier molecular flexibility index (Phi) is 8.06. The summed E-state index contributed by atoms with van der Waals surface area (Å²) in [7, 11) is 7.02. The van der Waals surface area contributed by atoms with Crippen molar-refractivity contribution in [3.05, 3.63) is 106 Å². The molecule has 0 heterocycles. The molecule has 2 aromatic rings. The van der Waals surface area contributed by atoms with Crippen molar-refractivity contribution in [2.45, 2.75) is 40.2 Å². The summed E-state index contributed by atoms with van der Waals surface area (Å²) in [4.78, 5) is 2.33. The van der Waals surface area contributed by atoms with E-state index in [0.717, 1.165) is 40.2 Å². The highest BCUT2D eigenvalue weighted by atomic mass is 31.1. The molecule has 0 amide bonds. The number of aryl methyl sites for hydroxylation is 4. The topological polar surface area (TPSA) is 21.7 Å². The summed E-state index contributed by atoms with van der Waals surface area (Å²) in [6, 6.07) is 9.43. The van der Waals surface area contributed by atoms with Crippen LogP contribution >= 0.6 is 7.92 Å². The van der Waals surface area contributed by atoms with Gasteiger partial charge in [0, 0.05) is 6.42 Å². The first-order valence-corrected chi connectivity index (χ1v) is 13.7. The molecule has 187 valence electrons. The Hall–Kier alpha value is -2.83. The molecule has 0 N–H and O–H groups in total. The van der Waals surface area contributed by atoms with Crippen LogP contribution in [0.15, 0.2) is 76.8 Å². The largest absolute Gasteiger partial charge is 0.496 e. The van der Waals surface area contributed by atoms with Crippen molar-refractivity contribution in [1.29, 1.82) is 0 Å². The lowest BCUT2D eigenvalue weighted by atomic mass is 9.92. The minimum absolute atomic E-state index is 0.193. The number of ether oxygens (including phenoxy) is 2. The first-order valence-electron chi connectivity index (χ1n) is 12.4. The number of benzene rings is 2. The van der Waals surface area contributed by atoms with Crippen LogP contribution in [0.5, 0.6) is 11.5 Å². The summed E-state index contributed by atoms with van der Waals surface area (Å²) in [6.45, 7) is 8.57. The lowest BCUT2D eigenvalue weighted by molar-refractivity contribution is 0.366. The summed E-state index contributed by atoms with van der Waals surface area (Å²) >= 11 is 0. The SMILES string of the molecule is COc1c(C)cc(P(C2=C([C@@H](C3=C[CH]C=CC3)N(C)C)C=C=C2)c2cc(C)c(OC)c(C)c2)cc1C. The quantitative estimate of drug-likeness (QED) is 0.312. The Morgan fingerprint density at radius 2 is 1.36 bits per heavy atom. The molecule has 36 heavy (non-hydrogen) atoms. The monoisotopic (exact) mass is 498 g/mol. The Morgan fingerprint density at radius 3 is 1.78 bits per heavy atom. The highest BCUT2D eigenvalue weighted by Crippen LogP contribution is 2.50. The van der Waals surface area contributed by atoms with Gasteiger partial charge in [-0.2, -0.15) is 0 Å². The summed E-state index contributed by atoms with van der Waals surface area (Å²) in [6.07, 6.45) is 14.2. The van der Waals surface area contributed by atoms with E-state index in [9.17, 15) is 0 Å². The Labute approximate surface area is 218 Å². The summed E-state index contributed by atoms with van der Waals surface area (Å²) < 4.78 is 11.4. The second-order valence-electron chi connectivity index (χ2n) is 9.79. The fraction of sp³-hybridized carbons (Fsp3) is 0.312. The fourth-order valence-corrected chi connectivity index (χ4v) is 8.30. The van der Waals surface area contributed by atoms with E-state index in [2.05, 4.69) is 113 Å². The fourth-order valence-electron chi connectivity index (χ4n) is 5.51. The van der Waals surface area contributed by atoms with E-state index in [1.807, 2.05) is 0 Å². The molecule has 4 rings (SSSR count). The van der Waals surface area contributed by atoms with Crippen LogP contribution in [-0.2, 0) is 0 Å². The third kappa shape index (κ3) is 5.02. The Balaban J connectivity index is 1.96. The second-order valence-corrected chi connectivity index (χ2v) is 12.0. The molecule has 3 nitrogen and oxygen atoms in total. The van der Waals surface area contributed by atoms with Gasteiger partial charge < -0.3 is 9.47 Å². The van der Waals surface area contributed by atoms with Crippen molar-refractivity contribution in [2.75, 3.05) is 28.3 Å². The second kappa shape index (κ2) is 11.1. The van der Waals surface area contributed by atoms with Gasteiger partial charge in [-0.3, -0.25) is 4.90 Å². The van der Waals surface area contributed by atoms with Gasteiger partial charge in [-0.15, -0.1) is 5.73 Å². The van der Waals surface area contributed by atoms with Crippen LogP contribution in [0.25, 0.3) is 0 Å². The zero-order valence-corrected chi connectivity index (χ0v) is 23.7. The van der Waals surface area contributed by atoms with Gasteiger partial charge in [0.1, 0.15) is 11.5 Å². The van der Waals surface area contributed by atoms with E-state index in [1.54, 1.807) is 14.2 Å². The zero-order valence-electron chi connectivity index (χ0n) is 22.8. The van der Waals surface area contributed by atoms with Gasteiger partial charge in [-0.05, 0) is 142 Å². The standard InChI is InChI=1S/C32H37NO2P/c1-21-17-26(18-22(2)31(21)34-7)36(27-19-23(3)32(35-8)24(4)20-27)29-16-12-15-28(29)30(33(5)6)25-13-10-9-11-14-25/h9-11,13,15-20,30H,14H2,1-8H3/t30-/m1/s1. The minimum atomic E-state index is -0.832. The maximum Gasteiger partial charge on any atom is 0.124 e. The smallest absolute Gasteiger partial charge is 0.124 e. The molecule has 0 saturated heterocycles. The van der Waals surface area contributed by atoms with Crippen molar-refractivity contribution in [1.82, 2.24) is 4.90 Å². The molecular formula is C32H37NO2P. The van der Waals surface area contributed by atoms with Crippen LogP contribution in [0.3, 0.4) is 0 Å². The average Bonchev–Trinajstić information content (AvgIpc) is 3.28. The number of methoxy groups -OCH3 is 2.